The number of unbranched alkanes of at least 4 members (excludes halogenated alkanes) is 3. The lowest BCUT2D eigenvalue weighted by Crippen LogP contribution is -2.45. The Morgan fingerprint density at radius 2 is 2.07 bits per heavy atom. The van der Waals surface area contributed by atoms with Crippen LogP contribution in [0, 0.1) is 0 Å². The number of nitrogens with one attached hydrogen (secondary N) is 1. The van der Waals surface area contributed by atoms with Crippen molar-refractivity contribution in [2.45, 2.75) is 39.2 Å². The summed E-state index contributed by atoms with van der Waals surface area (Å²) >= 11 is 0. The molecule has 0 saturated carbocycles. The van der Waals surface area contributed by atoms with E-state index >= 15 is 0 Å². The van der Waals surface area contributed by atoms with E-state index in [9.17, 15) is 0 Å². The molecule has 0 amide bonds. The van der Waals surface area contributed by atoms with Gasteiger partial charge in [0.05, 0.1) is 6.54 Å². The van der Waals surface area contributed by atoms with E-state index in [4.69, 9.17) is 4.99 Å². The Hall–Kier alpha value is -2.08. The van der Waals surface area contributed by atoms with Crippen LogP contribution in [0.4, 0.5) is 5.82 Å². The van der Waals surface area contributed by atoms with Crippen LogP contribution in [0.2, 0.25) is 0 Å². The summed E-state index contributed by atoms with van der Waals surface area (Å²) in [6.07, 6.45) is 8.62. The van der Waals surface area contributed by atoms with E-state index in [2.05, 4.69) is 58.7 Å². The Balaban J connectivity index is 1.99. The summed E-state index contributed by atoms with van der Waals surface area (Å²) in [5.74, 6) is 2.06. The van der Waals surface area contributed by atoms with Gasteiger partial charge in [0.1, 0.15) is 5.82 Å². The van der Waals surface area contributed by atoms with E-state index in [0.29, 0.717) is 6.54 Å². The minimum atomic E-state index is 0.651. The van der Waals surface area contributed by atoms with Gasteiger partial charge in [-0.3, -0.25) is 0 Å². The maximum Gasteiger partial charge on any atom is 0.193 e. The number of hydrogen-bond acceptors (Lipinski definition) is 4. The molecule has 0 aliphatic carbocycles. The summed E-state index contributed by atoms with van der Waals surface area (Å²) in [7, 11) is 4.30. The third kappa shape index (κ3) is 7.15. The van der Waals surface area contributed by atoms with Crippen LogP contribution in [0.5, 0.6) is 0 Å². The number of hydrogen-bond donors (Lipinski definition) is 1. The SMILES string of the molecule is C=CCCCCCN(C)C(=NCc1cccnc1N1CCN(C)CC1)NCC. The van der Waals surface area contributed by atoms with Gasteiger partial charge in [-0.05, 0) is 39.3 Å². The fourth-order valence-corrected chi connectivity index (χ4v) is 3.41. The van der Waals surface area contributed by atoms with Crippen LogP contribution in [0.15, 0.2) is 36.0 Å². The monoisotopic (exact) mass is 386 g/mol. The van der Waals surface area contributed by atoms with Crippen LogP contribution in [-0.4, -0.2) is 74.1 Å². The number of anilines is 1. The molecular formula is C22H38N6. The fraction of sp³-hybridized carbons (Fsp3) is 0.636. The number of likely N-dealkylation sites (N-methyl/N-ethyl adjacent to an activating group) is 1. The van der Waals surface area contributed by atoms with E-state index in [1.807, 2.05) is 18.3 Å². The van der Waals surface area contributed by atoms with Crippen LogP contribution < -0.4 is 10.2 Å². The van der Waals surface area contributed by atoms with E-state index < -0.39 is 0 Å². The predicted octanol–water partition coefficient (Wildman–Crippen LogP) is 2.98. The molecule has 156 valence electrons. The van der Waals surface area contributed by atoms with Crippen LogP contribution in [-0.2, 0) is 6.54 Å². The molecule has 0 radical (unpaired) electrons. The van der Waals surface area contributed by atoms with Crippen molar-refractivity contribution in [2.24, 2.45) is 4.99 Å². The highest BCUT2D eigenvalue weighted by Gasteiger charge is 2.18. The maximum absolute atomic E-state index is 4.91. The van der Waals surface area contributed by atoms with Gasteiger partial charge in [0.25, 0.3) is 0 Å². The molecule has 2 heterocycles. The zero-order valence-electron chi connectivity index (χ0n) is 18.0. The minimum Gasteiger partial charge on any atom is -0.357 e. The molecule has 0 aromatic carbocycles. The number of allylic oxidation sites excluding steroid dienone is 1. The molecule has 6 heteroatoms. The molecular weight excluding hydrogens is 348 g/mol. The highest BCUT2D eigenvalue weighted by atomic mass is 15.3. The molecule has 1 aliphatic rings. The van der Waals surface area contributed by atoms with E-state index in [1.165, 1.54) is 24.8 Å². The Morgan fingerprint density at radius 3 is 2.79 bits per heavy atom. The largest absolute Gasteiger partial charge is 0.357 e. The lowest BCUT2D eigenvalue weighted by Gasteiger charge is -2.34. The van der Waals surface area contributed by atoms with Crippen molar-refractivity contribution in [3.63, 3.8) is 0 Å². The number of pyridine rings is 1. The zero-order valence-corrected chi connectivity index (χ0v) is 18.0. The molecule has 0 atom stereocenters. The highest BCUT2D eigenvalue weighted by Crippen LogP contribution is 2.19. The van der Waals surface area contributed by atoms with Crippen molar-refractivity contribution >= 4 is 11.8 Å². The average Bonchev–Trinajstić information content (AvgIpc) is 2.71. The number of rotatable bonds is 10. The molecule has 0 unspecified atom stereocenters. The van der Waals surface area contributed by atoms with Gasteiger partial charge in [0.15, 0.2) is 5.96 Å². The molecule has 1 N–H and O–H groups in total. The molecule has 1 aromatic rings. The van der Waals surface area contributed by atoms with E-state index in [0.717, 1.165) is 57.5 Å². The van der Waals surface area contributed by atoms with Crippen molar-refractivity contribution in [3.8, 4) is 0 Å². The summed E-state index contributed by atoms with van der Waals surface area (Å²) in [5, 5.41) is 3.43. The van der Waals surface area contributed by atoms with Crippen molar-refractivity contribution in [2.75, 3.05) is 58.3 Å². The number of aromatic nitrogens is 1. The molecule has 1 aromatic heterocycles. The summed E-state index contributed by atoms with van der Waals surface area (Å²) < 4.78 is 0. The molecule has 1 saturated heterocycles. The fourth-order valence-electron chi connectivity index (χ4n) is 3.41. The van der Waals surface area contributed by atoms with Gasteiger partial charge in [0, 0.05) is 58.1 Å². The highest BCUT2D eigenvalue weighted by molar-refractivity contribution is 5.79. The van der Waals surface area contributed by atoms with Gasteiger partial charge >= 0.3 is 0 Å². The Bertz CT molecular complexity index is 607. The third-order valence-electron chi connectivity index (χ3n) is 5.17. The van der Waals surface area contributed by atoms with Crippen LogP contribution in [0.3, 0.4) is 0 Å². The number of aliphatic imine (C=N–C) groups is 1. The molecule has 28 heavy (non-hydrogen) atoms. The summed E-state index contributed by atoms with van der Waals surface area (Å²) in [6, 6.07) is 4.17. The van der Waals surface area contributed by atoms with Crippen LogP contribution >= 0.6 is 0 Å². The van der Waals surface area contributed by atoms with Gasteiger partial charge in [0.2, 0.25) is 0 Å². The first-order chi connectivity index (χ1) is 13.7. The van der Waals surface area contributed by atoms with Gasteiger partial charge in [-0.2, -0.15) is 0 Å². The lowest BCUT2D eigenvalue weighted by atomic mass is 10.2. The van der Waals surface area contributed by atoms with Crippen molar-refractivity contribution in [1.82, 2.24) is 20.1 Å². The van der Waals surface area contributed by atoms with E-state index in [-0.39, 0.29) is 0 Å². The van der Waals surface area contributed by atoms with Gasteiger partial charge in [-0.1, -0.05) is 18.6 Å². The third-order valence-corrected chi connectivity index (χ3v) is 5.17. The first kappa shape index (κ1) is 22.2. The molecule has 0 spiro atoms. The summed E-state index contributed by atoms with van der Waals surface area (Å²) in [6.45, 7) is 12.7. The Kier molecular flexibility index (Phi) is 9.83. The number of piperazine rings is 1. The van der Waals surface area contributed by atoms with Crippen molar-refractivity contribution < 1.29 is 0 Å². The topological polar surface area (TPSA) is 47.0 Å². The predicted molar refractivity (Wildman–Crippen MR) is 120 cm³/mol. The Labute approximate surface area is 171 Å². The molecule has 1 aliphatic heterocycles. The smallest absolute Gasteiger partial charge is 0.193 e. The second-order valence-corrected chi connectivity index (χ2v) is 7.51. The van der Waals surface area contributed by atoms with E-state index in [1.54, 1.807) is 0 Å². The second-order valence-electron chi connectivity index (χ2n) is 7.51. The average molecular weight is 387 g/mol. The standard InChI is InChI=1S/C22H38N6/c1-5-7-8-9-10-14-27(4)22(23-6-2)25-19-20-12-11-13-24-21(20)28-17-15-26(3)16-18-28/h5,11-13H,1,6-10,14-19H2,2-4H3,(H,23,25). The molecule has 1 fully saturated rings. The summed E-state index contributed by atoms with van der Waals surface area (Å²) in [4.78, 5) is 16.6. The van der Waals surface area contributed by atoms with Gasteiger partial charge < -0.3 is 20.0 Å². The van der Waals surface area contributed by atoms with Gasteiger partial charge in [-0.15, -0.1) is 6.58 Å². The zero-order chi connectivity index (χ0) is 20.2. The minimum absolute atomic E-state index is 0.651. The van der Waals surface area contributed by atoms with Crippen molar-refractivity contribution in [1.29, 1.82) is 0 Å². The van der Waals surface area contributed by atoms with Crippen LogP contribution in [0.25, 0.3) is 0 Å². The Morgan fingerprint density at radius 1 is 1.29 bits per heavy atom. The normalized spacial score (nSPS) is 15.5. The lowest BCUT2D eigenvalue weighted by molar-refractivity contribution is 0.312. The van der Waals surface area contributed by atoms with Crippen LogP contribution in [0.1, 0.15) is 38.2 Å². The summed E-state index contributed by atoms with van der Waals surface area (Å²) in [5.41, 5.74) is 1.20. The first-order valence-electron chi connectivity index (χ1n) is 10.6. The second kappa shape index (κ2) is 12.4. The molecule has 6 nitrogen and oxygen atoms in total. The van der Waals surface area contributed by atoms with Crippen molar-refractivity contribution in [3.05, 3.63) is 36.5 Å². The maximum atomic E-state index is 4.91. The quantitative estimate of drug-likeness (QED) is 0.290. The number of guanidine groups is 1. The number of nitrogens with zero attached hydrogens (tertiary/aromatic N) is 5. The molecule has 2 rings (SSSR count). The first-order valence-corrected chi connectivity index (χ1v) is 10.6. The molecule has 0 bridgehead atoms. The van der Waals surface area contributed by atoms with Gasteiger partial charge in [-0.25, -0.2) is 9.98 Å².